The summed E-state index contributed by atoms with van der Waals surface area (Å²) in [5.74, 6) is 1.45. The summed E-state index contributed by atoms with van der Waals surface area (Å²) in [5, 5.41) is 19.0. The van der Waals surface area contributed by atoms with Crippen LogP contribution in [0.15, 0.2) is 88.7 Å². The predicted octanol–water partition coefficient (Wildman–Crippen LogP) is 4.33. The summed E-state index contributed by atoms with van der Waals surface area (Å²) in [6.07, 6.45) is 0. The van der Waals surface area contributed by atoms with E-state index in [1.807, 2.05) is 42.5 Å². The van der Waals surface area contributed by atoms with E-state index in [1.54, 1.807) is 24.3 Å². The molecule has 3 rings (SSSR count). The summed E-state index contributed by atoms with van der Waals surface area (Å²) in [7, 11) is -0.141. The van der Waals surface area contributed by atoms with Crippen molar-refractivity contribution in [2.75, 3.05) is 0 Å². The molecule has 0 atom stereocenters. The van der Waals surface area contributed by atoms with E-state index in [2.05, 4.69) is 12.1 Å². The second kappa shape index (κ2) is 6.58. The highest BCUT2D eigenvalue weighted by molar-refractivity contribution is 7.96. The maximum atomic E-state index is 9.51. The van der Waals surface area contributed by atoms with Crippen molar-refractivity contribution in [2.24, 2.45) is 0 Å². The third-order valence-corrected chi connectivity index (χ3v) is 5.70. The fourth-order valence-corrected chi connectivity index (χ4v) is 4.32. The summed E-state index contributed by atoms with van der Waals surface area (Å²) in [6.45, 7) is 0. The van der Waals surface area contributed by atoms with E-state index >= 15 is 0 Å². The van der Waals surface area contributed by atoms with Crippen LogP contribution in [0.3, 0.4) is 0 Å². The Bertz CT molecular complexity index is 676. The summed E-state index contributed by atoms with van der Waals surface area (Å²) in [5.41, 5.74) is 1.27. The van der Waals surface area contributed by atoms with Crippen molar-refractivity contribution in [2.45, 2.75) is 15.5 Å². The summed E-state index contributed by atoms with van der Waals surface area (Å²) in [4.78, 5) is 2.35. The van der Waals surface area contributed by atoms with E-state index in [0.29, 0.717) is 0 Å². The Morgan fingerprint density at radius 3 is 1.50 bits per heavy atom. The number of benzene rings is 3. The number of phenols is 2. The van der Waals surface area contributed by atoms with Gasteiger partial charge in [0.05, 0.1) is 10.9 Å². The van der Waals surface area contributed by atoms with Crippen LogP contribution in [0.4, 0.5) is 0 Å². The molecule has 0 unspecified atom stereocenters. The number of aromatic hydroxyl groups is 2. The van der Waals surface area contributed by atoms with Gasteiger partial charge in [0.25, 0.3) is 0 Å². The Morgan fingerprint density at radius 1 is 0.591 bits per heavy atom. The first-order valence-electron chi connectivity index (χ1n) is 7.05. The van der Waals surface area contributed by atoms with E-state index in [9.17, 15) is 10.2 Å². The van der Waals surface area contributed by atoms with E-state index in [1.165, 1.54) is 15.4 Å². The quantitative estimate of drug-likeness (QED) is 0.704. The van der Waals surface area contributed by atoms with Crippen LogP contribution in [0.25, 0.3) is 0 Å². The van der Waals surface area contributed by atoms with Gasteiger partial charge in [-0.3, -0.25) is 0 Å². The molecular formula is C19H17O2S+. The molecule has 0 spiro atoms. The maximum Gasteiger partial charge on any atom is 0.161 e. The van der Waals surface area contributed by atoms with Crippen molar-refractivity contribution < 1.29 is 10.2 Å². The van der Waals surface area contributed by atoms with E-state index < -0.39 is 0 Å². The lowest BCUT2D eigenvalue weighted by molar-refractivity contribution is 0.474. The lowest BCUT2D eigenvalue weighted by Crippen LogP contribution is -2.07. The lowest BCUT2D eigenvalue weighted by atomic mass is 10.2. The minimum absolute atomic E-state index is 0.141. The third-order valence-electron chi connectivity index (χ3n) is 3.40. The Kier molecular flexibility index (Phi) is 4.35. The Labute approximate surface area is 133 Å². The summed E-state index contributed by atoms with van der Waals surface area (Å²) >= 11 is 0. The molecule has 0 saturated carbocycles. The van der Waals surface area contributed by atoms with Gasteiger partial charge < -0.3 is 10.2 Å². The van der Waals surface area contributed by atoms with Gasteiger partial charge in [-0.05, 0) is 48.5 Å². The van der Waals surface area contributed by atoms with Gasteiger partial charge in [0.1, 0.15) is 17.3 Å². The molecule has 0 aliphatic rings. The van der Waals surface area contributed by atoms with Crippen molar-refractivity contribution in [3.63, 3.8) is 0 Å². The number of phenolic OH excluding ortho intramolecular Hbond substituents is 2. The van der Waals surface area contributed by atoms with Gasteiger partial charge >= 0.3 is 0 Å². The van der Waals surface area contributed by atoms with Crippen molar-refractivity contribution in [3.05, 3.63) is 84.4 Å². The average Bonchev–Trinajstić information content (AvgIpc) is 2.56. The van der Waals surface area contributed by atoms with E-state index in [4.69, 9.17) is 0 Å². The molecule has 0 fully saturated rings. The first-order chi connectivity index (χ1) is 10.7. The van der Waals surface area contributed by atoms with Gasteiger partial charge in [-0.25, -0.2) is 0 Å². The van der Waals surface area contributed by atoms with E-state index in [-0.39, 0.29) is 22.4 Å². The van der Waals surface area contributed by atoms with Crippen LogP contribution in [0.2, 0.25) is 0 Å². The fourth-order valence-electron chi connectivity index (χ4n) is 2.26. The highest BCUT2D eigenvalue weighted by atomic mass is 32.2. The topological polar surface area (TPSA) is 40.5 Å². The molecule has 0 aliphatic heterocycles. The van der Waals surface area contributed by atoms with Crippen LogP contribution in [-0.2, 0) is 16.6 Å². The van der Waals surface area contributed by atoms with E-state index in [0.717, 1.165) is 5.75 Å². The zero-order valence-corrected chi connectivity index (χ0v) is 12.8. The molecule has 110 valence electrons. The van der Waals surface area contributed by atoms with Crippen LogP contribution >= 0.6 is 0 Å². The molecule has 0 heterocycles. The lowest BCUT2D eigenvalue weighted by Gasteiger charge is -2.09. The molecular weight excluding hydrogens is 292 g/mol. The molecule has 2 N–H and O–H groups in total. The third kappa shape index (κ3) is 3.43. The molecule has 0 saturated heterocycles. The predicted molar refractivity (Wildman–Crippen MR) is 90.3 cm³/mol. The highest BCUT2D eigenvalue weighted by Crippen LogP contribution is 2.29. The van der Waals surface area contributed by atoms with Gasteiger partial charge in [-0.15, -0.1) is 0 Å². The molecule has 0 aromatic heterocycles. The van der Waals surface area contributed by atoms with Gasteiger partial charge in [0.2, 0.25) is 0 Å². The second-order valence-corrected chi connectivity index (χ2v) is 7.02. The van der Waals surface area contributed by atoms with Crippen LogP contribution in [0.1, 0.15) is 5.56 Å². The van der Waals surface area contributed by atoms with Gasteiger partial charge in [0.15, 0.2) is 9.79 Å². The molecule has 0 aliphatic carbocycles. The molecule has 0 amide bonds. The maximum absolute atomic E-state index is 9.51. The zero-order chi connectivity index (χ0) is 15.4. The molecule has 2 nitrogen and oxygen atoms in total. The van der Waals surface area contributed by atoms with Crippen LogP contribution in [0, 0.1) is 0 Å². The fraction of sp³-hybridized carbons (Fsp3) is 0.0526. The van der Waals surface area contributed by atoms with Crippen molar-refractivity contribution in [1.29, 1.82) is 0 Å². The average molecular weight is 309 g/mol. The first-order valence-corrected chi connectivity index (χ1v) is 8.44. The number of rotatable bonds is 4. The standard InChI is InChI=1S/C19H16O2S/c20-16-6-10-18(11-7-16)22(14-15-4-2-1-3-5-15)19-12-8-17(21)9-13-19/h1-13H,14H2,(H-,20,21)/p+1. The number of hydrogen-bond acceptors (Lipinski definition) is 2. The summed E-state index contributed by atoms with van der Waals surface area (Å²) in [6, 6.07) is 25.1. The molecule has 3 aromatic rings. The molecule has 0 radical (unpaired) electrons. The van der Waals surface area contributed by atoms with Gasteiger partial charge in [-0.2, -0.15) is 0 Å². The second-order valence-electron chi connectivity index (χ2n) is 5.01. The molecule has 3 aromatic carbocycles. The van der Waals surface area contributed by atoms with Crippen LogP contribution in [-0.4, -0.2) is 10.2 Å². The van der Waals surface area contributed by atoms with Gasteiger partial charge in [-0.1, -0.05) is 30.3 Å². The van der Waals surface area contributed by atoms with Crippen molar-refractivity contribution >= 4 is 10.9 Å². The Hall–Kier alpha value is -2.39. The summed E-state index contributed by atoms with van der Waals surface area (Å²) < 4.78 is 0. The van der Waals surface area contributed by atoms with Crippen LogP contribution < -0.4 is 0 Å². The highest BCUT2D eigenvalue weighted by Gasteiger charge is 2.25. The minimum atomic E-state index is -0.141. The monoisotopic (exact) mass is 309 g/mol. The van der Waals surface area contributed by atoms with Crippen molar-refractivity contribution in [3.8, 4) is 11.5 Å². The first kappa shape index (κ1) is 14.5. The molecule has 22 heavy (non-hydrogen) atoms. The normalized spacial score (nSPS) is 10.8. The minimum Gasteiger partial charge on any atom is -0.508 e. The van der Waals surface area contributed by atoms with Gasteiger partial charge in [0, 0.05) is 5.56 Å². The number of hydrogen-bond donors (Lipinski definition) is 2. The Morgan fingerprint density at radius 2 is 1.05 bits per heavy atom. The SMILES string of the molecule is Oc1ccc([S+](Cc2ccccc2)c2ccc(O)cc2)cc1. The Balaban J connectivity index is 1.97. The molecule has 0 bridgehead atoms. The molecule has 3 heteroatoms. The van der Waals surface area contributed by atoms with Crippen molar-refractivity contribution in [1.82, 2.24) is 0 Å². The largest absolute Gasteiger partial charge is 0.508 e. The smallest absolute Gasteiger partial charge is 0.161 e. The van der Waals surface area contributed by atoms with Crippen LogP contribution in [0.5, 0.6) is 11.5 Å². The zero-order valence-electron chi connectivity index (χ0n) is 12.0.